The van der Waals surface area contributed by atoms with Gasteiger partial charge in [-0.25, -0.2) is 0 Å². The second kappa shape index (κ2) is 6.01. The standard InChI is InChI=1S/C15H22N2O/c1-12-7-9-17(10-8-12)15(18)14(16)11-13-5-3-2-4-6-13/h2-6,12,14H,7-11,16H2,1H3. The first-order valence-corrected chi connectivity index (χ1v) is 6.75. The average Bonchev–Trinajstić information content (AvgIpc) is 2.40. The molecular formula is C15H22N2O. The number of hydrogen-bond acceptors (Lipinski definition) is 2. The molecule has 1 saturated heterocycles. The third-order valence-corrected chi connectivity index (χ3v) is 3.71. The van der Waals surface area contributed by atoms with Gasteiger partial charge in [0.2, 0.25) is 5.91 Å². The van der Waals surface area contributed by atoms with Crippen LogP contribution in [0.1, 0.15) is 25.3 Å². The molecule has 1 fully saturated rings. The van der Waals surface area contributed by atoms with Gasteiger partial charge < -0.3 is 10.6 Å². The SMILES string of the molecule is CC1CCN(C(=O)C(N)Cc2ccccc2)CC1. The maximum atomic E-state index is 12.2. The molecule has 2 N–H and O–H groups in total. The monoisotopic (exact) mass is 246 g/mol. The number of piperidine rings is 1. The molecule has 1 aromatic rings. The van der Waals surface area contributed by atoms with Gasteiger partial charge in [0.1, 0.15) is 0 Å². The van der Waals surface area contributed by atoms with E-state index in [0.29, 0.717) is 6.42 Å². The fourth-order valence-electron chi connectivity index (χ4n) is 2.42. The van der Waals surface area contributed by atoms with Gasteiger partial charge in [-0.3, -0.25) is 4.79 Å². The molecule has 1 atom stereocenters. The van der Waals surface area contributed by atoms with Crippen molar-refractivity contribution >= 4 is 5.91 Å². The molecule has 18 heavy (non-hydrogen) atoms. The van der Waals surface area contributed by atoms with E-state index in [4.69, 9.17) is 5.73 Å². The minimum absolute atomic E-state index is 0.103. The Hall–Kier alpha value is -1.35. The van der Waals surface area contributed by atoms with Gasteiger partial charge in [-0.2, -0.15) is 0 Å². The summed E-state index contributed by atoms with van der Waals surface area (Å²) in [5, 5.41) is 0. The third kappa shape index (κ3) is 3.33. The minimum Gasteiger partial charge on any atom is -0.341 e. The number of benzene rings is 1. The molecule has 98 valence electrons. The quantitative estimate of drug-likeness (QED) is 0.884. The van der Waals surface area contributed by atoms with Gasteiger partial charge in [-0.05, 0) is 30.7 Å². The van der Waals surface area contributed by atoms with Crippen molar-refractivity contribution in [2.24, 2.45) is 11.7 Å². The molecule has 3 nitrogen and oxygen atoms in total. The van der Waals surface area contributed by atoms with Gasteiger partial charge in [0, 0.05) is 13.1 Å². The Balaban J connectivity index is 1.89. The number of likely N-dealkylation sites (tertiary alicyclic amines) is 1. The predicted octanol–water partition coefficient (Wildman–Crippen LogP) is 1.81. The van der Waals surface area contributed by atoms with Crippen LogP contribution in [-0.2, 0) is 11.2 Å². The zero-order valence-corrected chi connectivity index (χ0v) is 11.0. The second-order valence-electron chi connectivity index (χ2n) is 5.30. The smallest absolute Gasteiger partial charge is 0.239 e. The molecule has 0 spiro atoms. The van der Waals surface area contributed by atoms with Crippen molar-refractivity contribution < 1.29 is 4.79 Å². The normalized spacial score (nSPS) is 18.7. The topological polar surface area (TPSA) is 46.3 Å². The van der Waals surface area contributed by atoms with Gasteiger partial charge in [0.05, 0.1) is 6.04 Å². The number of amides is 1. The molecule has 1 unspecified atom stereocenters. The Labute approximate surface area is 109 Å². The van der Waals surface area contributed by atoms with E-state index in [2.05, 4.69) is 6.92 Å². The van der Waals surface area contributed by atoms with Crippen LogP contribution < -0.4 is 5.73 Å². The van der Waals surface area contributed by atoms with Crippen molar-refractivity contribution in [1.29, 1.82) is 0 Å². The molecule has 0 aliphatic carbocycles. The largest absolute Gasteiger partial charge is 0.341 e. The highest BCUT2D eigenvalue weighted by Gasteiger charge is 2.24. The summed E-state index contributed by atoms with van der Waals surface area (Å²) < 4.78 is 0. The summed E-state index contributed by atoms with van der Waals surface area (Å²) >= 11 is 0. The summed E-state index contributed by atoms with van der Waals surface area (Å²) in [7, 11) is 0. The van der Waals surface area contributed by atoms with E-state index in [1.54, 1.807) is 0 Å². The Morgan fingerprint density at radius 3 is 2.56 bits per heavy atom. The van der Waals surface area contributed by atoms with E-state index < -0.39 is 6.04 Å². The third-order valence-electron chi connectivity index (χ3n) is 3.71. The van der Waals surface area contributed by atoms with Gasteiger partial charge in [-0.15, -0.1) is 0 Å². The van der Waals surface area contributed by atoms with Gasteiger partial charge in [0.25, 0.3) is 0 Å². The second-order valence-corrected chi connectivity index (χ2v) is 5.30. The Morgan fingerprint density at radius 2 is 1.94 bits per heavy atom. The van der Waals surface area contributed by atoms with Gasteiger partial charge >= 0.3 is 0 Å². The van der Waals surface area contributed by atoms with E-state index in [1.807, 2.05) is 35.2 Å². The predicted molar refractivity (Wildman–Crippen MR) is 73.1 cm³/mol. The van der Waals surface area contributed by atoms with E-state index in [1.165, 1.54) is 0 Å². The minimum atomic E-state index is -0.402. The number of nitrogens with zero attached hydrogens (tertiary/aromatic N) is 1. The zero-order chi connectivity index (χ0) is 13.0. The van der Waals surface area contributed by atoms with E-state index >= 15 is 0 Å². The zero-order valence-electron chi connectivity index (χ0n) is 11.0. The molecule has 0 radical (unpaired) electrons. The van der Waals surface area contributed by atoms with Crippen LogP contribution in [0.2, 0.25) is 0 Å². The first kappa shape index (κ1) is 13.1. The summed E-state index contributed by atoms with van der Waals surface area (Å²) in [6.45, 7) is 3.97. The van der Waals surface area contributed by atoms with Crippen molar-refractivity contribution in [2.75, 3.05) is 13.1 Å². The maximum Gasteiger partial charge on any atom is 0.239 e. The lowest BCUT2D eigenvalue weighted by molar-refractivity contribution is -0.133. The molecule has 1 heterocycles. The fraction of sp³-hybridized carbons (Fsp3) is 0.533. The molecule has 0 saturated carbocycles. The molecule has 0 bridgehead atoms. The lowest BCUT2D eigenvalue weighted by Gasteiger charge is -2.32. The van der Waals surface area contributed by atoms with Crippen molar-refractivity contribution in [3.05, 3.63) is 35.9 Å². The molecule has 1 amide bonds. The molecule has 0 aromatic heterocycles. The summed E-state index contributed by atoms with van der Waals surface area (Å²) in [6, 6.07) is 9.57. The molecular weight excluding hydrogens is 224 g/mol. The molecule has 1 aliphatic rings. The van der Waals surface area contributed by atoms with Crippen molar-refractivity contribution in [2.45, 2.75) is 32.2 Å². The lowest BCUT2D eigenvalue weighted by Crippen LogP contribution is -2.47. The van der Waals surface area contributed by atoms with Crippen LogP contribution >= 0.6 is 0 Å². The van der Waals surface area contributed by atoms with Crippen LogP contribution in [0.5, 0.6) is 0 Å². The van der Waals surface area contributed by atoms with Crippen LogP contribution in [0.4, 0.5) is 0 Å². The van der Waals surface area contributed by atoms with Crippen molar-refractivity contribution in [3.63, 3.8) is 0 Å². The molecule has 1 aromatic carbocycles. The van der Waals surface area contributed by atoms with E-state index in [-0.39, 0.29) is 5.91 Å². The Bertz CT molecular complexity index is 383. The lowest BCUT2D eigenvalue weighted by atomic mass is 9.98. The maximum absolute atomic E-state index is 12.2. The number of nitrogens with two attached hydrogens (primary N) is 1. The summed E-state index contributed by atoms with van der Waals surface area (Å²) in [6.07, 6.45) is 2.83. The Kier molecular flexibility index (Phi) is 4.37. The number of rotatable bonds is 3. The number of carbonyl (C=O) groups is 1. The summed E-state index contributed by atoms with van der Waals surface area (Å²) in [4.78, 5) is 14.1. The van der Waals surface area contributed by atoms with Crippen molar-refractivity contribution in [1.82, 2.24) is 4.90 Å². The fourth-order valence-corrected chi connectivity index (χ4v) is 2.42. The van der Waals surface area contributed by atoms with Crippen molar-refractivity contribution in [3.8, 4) is 0 Å². The molecule has 2 rings (SSSR count). The highest BCUT2D eigenvalue weighted by atomic mass is 16.2. The first-order valence-electron chi connectivity index (χ1n) is 6.75. The van der Waals surface area contributed by atoms with E-state index in [0.717, 1.165) is 37.4 Å². The van der Waals surface area contributed by atoms with Crippen LogP contribution in [0.3, 0.4) is 0 Å². The van der Waals surface area contributed by atoms with Crippen LogP contribution in [0.15, 0.2) is 30.3 Å². The Morgan fingerprint density at radius 1 is 1.33 bits per heavy atom. The first-order chi connectivity index (χ1) is 8.66. The summed E-state index contributed by atoms with van der Waals surface area (Å²) in [5.74, 6) is 0.838. The number of hydrogen-bond donors (Lipinski definition) is 1. The molecule has 1 aliphatic heterocycles. The van der Waals surface area contributed by atoms with Crippen LogP contribution in [0.25, 0.3) is 0 Å². The number of carbonyl (C=O) groups excluding carboxylic acids is 1. The van der Waals surface area contributed by atoms with Crippen LogP contribution in [-0.4, -0.2) is 29.9 Å². The molecule has 3 heteroatoms. The highest BCUT2D eigenvalue weighted by molar-refractivity contribution is 5.82. The van der Waals surface area contributed by atoms with Gasteiger partial charge in [0.15, 0.2) is 0 Å². The van der Waals surface area contributed by atoms with Crippen LogP contribution in [0, 0.1) is 5.92 Å². The van der Waals surface area contributed by atoms with Gasteiger partial charge in [-0.1, -0.05) is 37.3 Å². The average molecular weight is 246 g/mol. The van der Waals surface area contributed by atoms with E-state index in [9.17, 15) is 4.79 Å². The highest BCUT2D eigenvalue weighted by Crippen LogP contribution is 2.17. The summed E-state index contributed by atoms with van der Waals surface area (Å²) in [5.41, 5.74) is 7.15.